The lowest BCUT2D eigenvalue weighted by molar-refractivity contribution is 0.675. The minimum Gasteiger partial charge on any atom is -0.355 e. The van der Waals surface area contributed by atoms with Crippen LogP contribution in [0.4, 0.5) is 11.6 Å². The van der Waals surface area contributed by atoms with Crippen molar-refractivity contribution in [1.82, 2.24) is 9.97 Å². The van der Waals surface area contributed by atoms with Gasteiger partial charge in [0, 0.05) is 18.7 Å². The number of aromatic nitrogens is 2. The third-order valence-corrected chi connectivity index (χ3v) is 2.76. The summed E-state index contributed by atoms with van der Waals surface area (Å²) in [4.78, 5) is 10.7. The summed E-state index contributed by atoms with van der Waals surface area (Å²) in [6, 6.07) is 2.24. The highest BCUT2D eigenvalue weighted by atomic mass is 15.3. The first-order valence-electron chi connectivity index (χ1n) is 5.99. The first kappa shape index (κ1) is 14.2. The zero-order valence-electron chi connectivity index (χ0n) is 11.4. The molecule has 0 bridgehead atoms. The standard InChI is InChI=1S/C12H20N6/c1-5-18(7-8(2)6-13)12-9(3)11(17-14)15-10(4)16-12/h8H,5,7,14H2,1-4H3,(H,15,16,17). The average Bonchev–Trinajstić information content (AvgIpc) is 2.38. The monoisotopic (exact) mass is 248 g/mol. The van der Waals surface area contributed by atoms with Crippen LogP contribution in [0.15, 0.2) is 0 Å². The van der Waals surface area contributed by atoms with Gasteiger partial charge >= 0.3 is 0 Å². The fourth-order valence-electron chi connectivity index (χ4n) is 1.80. The number of anilines is 2. The van der Waals surface area contributed by atoms with Gasteiger partial charge in [0.15, 0.2) is 0 Å². The summed E-state index contributed by atoms with van der Waals surface area (Å²) in [5, 5.41) is 8.91. The highest BCUT2D eigenvalue weighted by Gasteiger charge is 2.16. The van der Waals surface area contributed by atoms with Crippen molar-refractivity contribution in [1.29, 1.82) is 5.26 Å². The maximum Gasteiger partial charge on any atom is 0.148 e. The van der Waals surface area contributed by atoms with Gasteiger partial charge in [0.05, 0.1) is 12.0 Å². The quantitative estimate of drug-likeness (QED) is 0.604. The van der Waals surface area contributed by atoms with Gasteiger partial charge in [-0.05, 0) is 27.7 Å². The molecule has 98 valence electrons. The molecule has 0 aromatic carbocycles. The number of nitrogens with two attached hydrogens (primary N) is 1. The van der Waals surface area contributed by atoms with E-state index >= 15 is 0 Å². The molecule has 0 radical (unpaired) electrons. The Hall–Kier alpha value is -1.87. The number of aryl methyl sites for hydroxylation is 1. The molecule has 0 saturated carbocycles. The summed E-state index contributed by atoms with van der Waals surface area (Å²) in [7, 11) is 0. The largest absolute Gasteiger partial charge is 0.355 e. The summed E-state index contributed by atoms with van der Waals surface area (Å²) in [6.07, 6.45) is 0. The molecule has 18 heavy (non-hydrogen) atoms. The van der Waals surface area contributed by atoms with Crippen molar-refractivity contribution in [3.05, 3.63) is 11.4 Å². The predicted octanol–water partition coefficient (Wildman–Crippen LogP) is 1.37. The maximum absolute atomic E-state index is 8.91. The molecule has 0 aliphatic rings. The fraction of sp³-hybridized carbons (Fsp3) is 0.583. The first-order valence-corrected chi connectivity index (χ1v) is 5.99. The topological polar surface area (TPSA) is 90.9 Å². The number of hydrazine groups is 1. The predicted molar refractivity (Wildman–Crippen MR) is 72.0 cm³/mol. The van der Waals surface area contributed by atoms with Crippen LogP contribution in [0.1, 0.15) is 25.2 Å². The van der Waals surface area contributed by atoms with Gasteiger partial charge in [-0.2, -0.15) is 5.26 Å². The molecule has 0 saturated heterocycles. The summed E-state index contributed by atoms with van der Waals surface area (Å²) in [5.74, 6) is 7.52. The van der Waals surface area contributed by atoms with Gasteiger partial charge in [-0.15, -0.1) is 0 Å². The van der Waals surface area contributed by atoms with Crippen molar-refractivity contribution < 1.29 is 0 Å². The number of hydrogen-bond donors (Lipinski definition) is 2. The van der Waals surface area contributed by atoms with E-state index in [4.69, 9.17) is 11.1 Å². The second-order valence-electron chi connectivity index (χ2n) is 4.28. The van der Waals surface area contributed by atoms with Gasteiger partial charge in [-0.1, -0.05) is 0 Å². The van der Waals surface area contributed by atoms with Crippen molar-refractivity contribution in [2.75, 3.05) is 23.4 Å². The number of nitrogens with one attached hydrogen (secondary N) is 1. The molecule has 0 fully saturated rings. The zero-order chi connectivity index (χ0) is 13.7. The molecular weight excluding hydrogens is 228 g/mol. The van der Waals surface area contributed by atoms with Gasteiger partial charge in [0.25, 0.3) is 0 Å². The van der Waals surface area contributed by atoms with Crippen molar-refractivity contribution in [3.63, 3.8) is 0 Å². The van der Waals surface area contributed by atoms with Gasteiger partial charge < -0.3 is 10.3 Å². The Morgan fingerprint density at radius 2 is 2.11 bits per heavy atom. The van der Waals surface area contributed by atoms with E-state index in [9.17, 15) is 0 Å². The number of hydrogen-bond acceptors (Lipinski definition) is 6. The fourth-order valence-corrected chi connectivity index (χ4v) is 1.80. The van der Waals surface area contributed by atoms with Crippen LogP contribution in [0.3, 0.4) is 0 Å². The minimum absolute atomic E-state index is 0.0473. The molecule has 0 aliphatic heterocycles. The van der Waals surface area contributed by atoms with Crippen molar-refractivity contribution >= 4 is 11.6 Å². The van der Waals surface area contributed by atoms with Crippen molar-refractivity contribution in [3.8, 4) is 6.07 Å². The van der Waals surface area contributed by atoms with Crippen LogP contribution < -0.4 is 16.2 Å². The van der Waals surface area contributed by atoms with E-state index in [0.29, 0.717) is 18.2 Å². The molecule has 0 aliphatic carbocycles. The molecule has 1 atom stereocenters. The number of nitrogens with zero attached hydrogens (tertiary/aromatic N) is 4. The van der Waals surface area contributed by atoms with Crippen LogP contribution in [0.2, 0.25) is 0 Å². The lowest BCUT2D eigenvalue weighted by atomic mass is 10.2. The second-order valence-corrected chi connectivity index (χ2v) is 4.28. The summed E-state index contributed by atoms with van der Waals surface area (Å²) in [5.41, 5.74) is 3.48. The normalized spacial score (nSPS) is 11.8. The molecule has 0 spiro atoms. The van der Waals surface area contributed by atoms with E-state index in [1.165, 1.54) is 0 Å². The second kappa shape index (κ2) is 6.17. The smallest absolute Gasteiger partial charge is 0.148 e. The molecule has 6 heteroatoms. The minimum atomic E-state index is -0.0473. The number of rotatable bonds is 5. The summed E-state index contributed by atoms with van der Waals surface area (Å²) in [6.45, 7) is 9.11. The molecule has 1 rings (SSSR count). The van der Waals surface area contributed by atoms with Crippen molar-refractivity contribution in [2.24, 2.45) is 11.8 Å². The highest BCUT2D eigenvalue weighted by Crippen LogP contribution is 2.23. The van der Waals surface area contributed by atoms with E-state index in [1.54, 1.807) is 0 Å². The molecule has 3 N–H and O–H groups in total. The molecule has 1 aromatic rings. The van der Waals surface area contributed by atoms with E-state index in [-0.39, 0.29) is 5.92 Å². The van der Waals surface area contributed by atoms with Crippen LogP contribution in [-0.4, -0.2) is 23.1 Å². The average molecular weight is 248 g/mol. The number of nitriles is 1. The molecule has 1 aromatic heterocycles. The molecule has 1 unspecified atom stereocenters. The SMILES string of the molecule is CCN(CC(C)C#N)c1nc(C)nc(NN)c1C. The van der Waals surface area contributed by atoms with E-state index in [2.05, 4.69) is 26.4 Å². The molecular formula is C12H20N6. The van der Waals surface area contributed by atoms with Gasteiger partial charge in [-0.3, -0.25) is 0 Å². The van der Waals surface area contributed by atoms with Crippen LogP contribution in [-0.2, 0) is 0 Å². The lowest BCUT2D eigenvalue weighted by Crippen LogP contribution is -2.30. The Labute approximate surface area is 108 Å². The summed E-state index contributed by atoms with van der Waals surface area (Å²) >= 11 is 0. The molecule has 0 amide bonds. The van der Waals surface area contributed by atoms with Crippen LogP contribution in [0.5, 0.6) is 0 Å². The third-order valence-electron chi connectivity index (χ3n) is 2.76. The Kier molecular flexibility index (Phi) is 4.86. The first-order chi connectivity index (χ1) is 8.53. The third kappa shape index (κ3) is 3.08. The van der Waals surface area contributed by atoms with Crippen LogP contribution in [0.25, 0.3) is 0 Å². The maximum atomic E-state index is 8.91. The van der Waals surface area contributed by atoms with Gasteiger partial charge in [0.1, 0.15) is 17.5 Å². The zero-order valence-corrected chi connectivity index (χ0v) is 11.4. The molecule has 1 heterocycles. The lowest BCUT2D eigenvalue weighted by Gasteiger charge is -2.25. The van der Waals surface area contributed by atoms with Crippen LogP contribution in [0, 0.1) is 31.1 Å². The van der Waals surface area contributed by atoms with E-state index < -0.39 is 0 Å². The van der Waals surface area contributed by atoms with Gasteiger partial charge in [0.2, 0.25) is 0 Å². The Morgan fingerprint density at radius 1 is 1.44 bits per heavy atom. The van der Waals surface area contributed by atoms with E-state index in [1.807, 2.05) is 27.7 Å². The highest BCUT2D eigenvalue weighted by molar-refractivity contribution is 5.58. The Bertz CT molecular complexity index is 451. The number of nitrogen functional groups attached to an aromatic ring is 1. The van der Waals surface area contributed by atoms with Crippen molar-refractivity contribution in [2.45, 2.75) is 27.7 Å². The van der Waals surface area contributed by atoms with Crippen LogP contribution >= 0.6 is 0 Å². The Morgan fingerprint density at radius 3 is 2.61 bits per heavy atom. The molecule has 6 nitrogen and oxygen atoms in total. The van der Waals surface area contributed by atoms with E-state index in [0.717, 1.165) is 17.9 Å². The van der Waals surface area contributed by atoms with Gasteiger partial charge in [-0.25, -0.2) is 15.8 Å². The Balaban J connectivity index is 3.13. The summed E-state index contributed by atoms with van der Waals surface area (Å²) < 4.78 is 0.